The van der Waals surface area contributed by atoms with Crippen LogP contribution in [-0.4, -0.2) is 24.5 Å². The van der Waals surface area contributed by atoms with Crippen LogP contribution in [0.25, 0.3) is 10.9 Å². The van der Waals surface area contributed by atoms with E-state index in [2.05, 4.69) is 4.98 Å². The summed E-state index contributed by atoms with van der Waals surface area (Å²) in [6.45, 7) is 2.14. The zero-order valence-electron chi connectivity index (χ0n) is 9.97. The molecule has 0 fully saturated rings. The van der Waals surface area contributed by atoms with E-state index < -0.39 is 0 Å². The summed E-state index contributed by atoms with van der Waals surface area (Å²) in [6, 6.07) is 9.83. The number of benzene rings is 1. The lowest BCUT2D eigenvalue weighted by Gasteiger charge is -2.19. The van der Waals surface area contributed by atoms with E-state index in [1.165, 1.54) is 0 Å². The predicted octanol–water partition coefficient (Wildman–Crippen LogP) is 1.46. The van der Waals surface area contributed by atoms with E-state index in [0.29, 0.717) is 0 Å². The van der Waals surface area contributed by atoms with Crippen molar-refractivity contribution in [1.82, 2.24) is 4.98 Å². The van der Waals surface area contributed by atoms with Crippen LogP contribution in [0.2, 0.25) is 0 Å². The molecule has 0 aliphatic heterocycles. The number of amides is 1. The summed E-state index contributed by atoms with van der Waals surface area (Å²) in [7, 11) is 1.85. The molecule has 1 aromatic carbocycles. The second-order valence-corrected chi connectivity index (χ2v) is 4.12. The number of para-hydroxylation sites is 1. The standard InChI is InChI=1S/C13H15N3O/c1-9-7-12(16(2)8-13(14)17)10-5-3-4-6-11(10)15-9/h3-7H,8H2,1-2H3,(H2,14,17). The zero-order valence-corrected chi connectivity index (χ0v) is 9.97. The Hall–Kier alpha value is -2.10. The van der Waals surface area contributed by atoms with Gasteiger partial charge in [-0.05, 0) is 19.1 Å². The molecule has 1 heterocycles. The molecule has 4 heteroatoms. The van der Waals surface area contributed by atoms with Gasteiger partial charge in [-0.25, -0.2) is 0 Å². The number of fused-ring (bicyclic) bond motifs is 1. The summed E-state index contributed by atoms with van der Waals surface area (Å²) >= 11 is 0. The molecule has 88 valence electrons. The molecule has 2 aromatic rings. The number of aromatic nitrogens is 1. The number of aryl methyl sites for hydroxylation is 1. The van der Waals surface area contributed by atoms with Gasteiger partial charge < -0.3 is 10.6 Å². The highest BCUT2D eigenvalue weighted by Gasteiger charge is 2.09. The first kappa shape index (κ1) is 11.4. The lowest BCUT2D eigenvalue weighted by Crippen LogP contribution is -2.30. The molecule has 0 aliphatic carbocycles. The van der Waals surface area contributed by atoms with Gasteiger partial charge >= 0.3 is 0 Å². The first-order valence-electron chi connectivity index (χ1n) is 5.44. The fourth-order valence-electron chi connectivity index (χ4n) is 1.92. The molecule has 0 aliphatic rings. The third kappa shape index (κ3) is 2.36. The molecule has 4 nitrogen and oxygen atoms in total. The number of primary amides is 1. The zero-order chi connectivity index (χ0) is 12.4. The van der Waals surface area contributed by atoms with Crippen molar-refractivity contribution in [3.63, 3.8) is 0 Å². The van der Waals surface area contributed by atoms with Crippen molar-refractivity contribution in [2.45, 2.75) is 6.92 Å². The van der Waals surface area contributed by atoms with E-state index in [0.717, 1.165) is 22.3 Å². The van der Waals surface area contributed by atoms with Gasteiger partial charge in [0.15, 0.2) is 0 Å². The Morgan fingerprint density at radius 3 is 2.82 bits per heavy atom. The van der Waals surface area contributed by atoms with Gasteiger partial charge in [0.05, 0.1) is 12.1 Å². The number of rotatable bonds is 3. The quantitative estimate of drug-likeness (QED) is 0.867. The number of hydrogen-bond donors (Lipinski definition) is 1. The van der Waals surface area contributed by atoms with Gasteiger partial charge in [-0.3, -0.25) is 9.78 Å². The number of carbonyl (C=O) groups excluding carboxylic acids is 1. The maximum absolute atomic E-state index is 11.0. The van der Waals surface area contributed by atoms with Crippen molar-refractivity contribution in [3.05, 3.63) is 36.0 Å². The molecule has 17 heavy (non-hydrogen) atoms. The maximum atomic E-state index is 11.0. The van der Waals surface area contributed by atoms with Crippen molar-refractivity contribution < 1.29 is 4.79 Å². The van der Waals surface area contributed by atoms with Gasteiger partial charge in [-0.1, -0.05) is 18.2 Å². The Bertz CT molecular complexity index is 566. The minimum atomic E-state index is -0.342. The Balaban J connectivity index is 2.55. The summed E-state index contributed by atoms with van der Waals surface area (Å²) in [4.78, 5) is 17.3. The lowest BCUT2D eigenvalue weighted by molar-refractivity contribution is -0.116. The topological polar surface area (TPSA) is 59.2 Å². The summed E-state index contributed by atoms with van der Waals surface area (Å²) in [5.74, 6) is -0.342. The number of nitrogens with zero attached hydrogens (tertiary/aromatic N) is 2. The van der Waals surface area contributed by atoms with Crippen molar-refractivity contribution in [1.29, 1.82) is 0 Å². The molecular formula is C13H15N3O. The molecule has 1 aromatic heterocycles. The van der Waals surface area contributed by atoms with E-state index >= 15 is 0 Å². The number of carbonyl (C=O) groups is 1. The molecule has 0 radical (unpaired) electrons. The average molecular weight is 229 g/mol. The summed E-state index contributed by atoms with van der Waals surface area (Å²) in [5, 5.41) is 1.03. The molecule has 2 rings (SSSR count). The van der Waals surface area contributed by atoms with Crippen LogP contribution in [0.15, 0.2) is 30.3 Å². The summed E-state index contributed by atoms with van der Waals surface area (Å²) in [5.41, 5.74) is 8.05. The van der Waals surface area contributed by atoms with Crippen LogP contribution >= 0.6 is 0 Å². The van der Waals surface area contributed by atoms with Crippen LogP contribution in [-0.2, 0) is 4.79 Å². The van der Waals surface area contributed by atoms with Gasteiger partial charge in [0.2, 0.25) is 5.91 Å². The fourth-order valence-corrected chi connectivity index (χ4v) is 1.92. The van der Waals surface area contributed by atoms with Crippen molar-refractivity contribution in [2.75, 3.05) is 18.5 Å². The van der Waals surface area contributed by atoms with Crippen LogP contribution in [0.3, 0.4) is 0 Å². The molecule has 0 saturated carbocycles. The molecule has 0 atom stereocenters. The van der Waals surface area contributed by atoms with Crippen LogP contribution in [0, 0.1) is 6.92 Å². The first-order chi connectivity index (χ1) is 8.08. The van der Waals surface area contributed by atoms with Gasteiger partial charge in [0.1, 0.15) is 0 Å². The number of hydrogen-bond acceptors (Lipinski definition) is 3. The van der Waals surface area contributed by atoms with Crippen molar-refractivity contribution in [3.8, 4) is 0 Å². The van der Waals surface area contributed by atoms with Gasteiger partial charge in [-0.15, -0.1) is 0 Å². The average Bonchev–Trinajstić information content (AvgIpc) is 2.26. The Morgan fingerprint density at radius 1 is 1.41 bits per heavy atom. The van der Waals surface area contributed by atoms with E-state index in [1.807, 2.05) is 49.2 Å². The highest BCUT2D eigenvalue weighted by Crippen LogP contribution is 2.25. The smallest absolute Gasteiger partial charge is 0.236 e. The molecule has 0 saturated heterocycles. The van der Waals surface area contributed by atoms with Gasteiger partial charge in [0.25, 0.3) is 0 Å². The van der Waals surface area contributed by atoms with Crippen molar-refractivity contribution in [2.24, 2.45) is 5.73 Å². The van der Waals surface area contributed by atoms with Crippen molar-refractivity contribution >= 4 is 22.5 Å². The number of likely N-dealkylation sites (N-methyl/N-ethyl adjacent to an activating group) is 1. The summed E-state index contributed by atoms with van der Waals surface area (Å²) in [6.07, 6.45) is 0. The minimum Gasteiger partial charge on any atom is -0.368 e. The molecular weight excluding hydrogens is 214 g/mol. The lowest BCUT2D eigenvalue weighted by atomic mass is 10.1. The minimum absolute atomic E-state index is 0.202. The largest absolute Gasteiger partial charge is 0.368 e. The SMILES string of the molecule is Cc1cc(N(C)CC(N)=O)c2ccccc2n1. The van der Waals surface area contributed by atoms with E-state index in [-0.39, 0.29) is 12.5 Å². The van der Waals surface area contributed by atoms with Crippen LogP contribution in [0.1, 0.15) is 5.69 Å². The van der Waals surface area contributed by atoms with Crippen LogP contribution < -0.4 is 10.6 Å². The summed E-state index contributed by atoms with van der Waals surface area (Å²) < 4.78 is 0. The number of anilines is 1. The highest BCUT2D eigenvalue weighted by atomic mass is 16.1. The molecule has 0 spiro atoms. The van der Waals surface area contributed by atoms with Crippen LogP contribution in [0.4, 0.5) is 5.69 Å². The maximum Gasteiger partial charge on any atom is 0.236 e. The van der Waals surface area contributed by atoms with Crippen LogP contribution in [0.5, 0.6) is 0 Å². The molecule has 0 unspecified atom stereocenters. The third-order valence-corrected chi connectivity index (χ3v) is 2.63. The Kier molecular flexibility index (Phi) is 2.95. The van der Waals surface area contributed by atoms with E-state index in [1.54, 1.807) is 0 Å². The number of nitrogens with two attached hydrogens (primary N) is 1. The van der Waals surface area contributed by atoms with E-state index in [9.17, 15) is 4.79 Å². The van der Waals surface area contributed by atoms with Gasteiger partial charge in [-0.2, -0.15) is 0 Å². The molecule has 2 N–H and O–H groups in total. The molecule has 1 amide bonds. The van der Waals surface area contributed by atoms with E-state index in [4.69, 9.17) is 5.73 Å². The highest BCUT2D eigenvalue weighted by molar-refractivity contribution is 5.93. The third-order valence-electron chi connectivity index (χ3n) is 2.63. The first-order valence-corrected chi connectivity index (χ1v) is 5.44. The Morgan fingerprint density at radius 2 is 2.12 bits per heavy atom. The monoisotopic (exact) mass is 229 g/mol. The fraction of sp³-hybridized carbons (Fsp3) is 0.231. The molecule has 0 bridgehead atoms. The number of pyridine rings is 1. The predicted molar refractivity (Wildman–Crippen MR) is 68.9 cm³/mol. The Labute approximate surface area is 100 Å². The normalized spacial score (nSPS) is 10.5. The van der Waals surface area contributed by atoms with Gasteiger partial charge in [0, 0.05) is 23.8 Å². The second kappa shape index (κ2) is 4.41. The second-order valence-electron chi connectivity index (χ2n) is 4.12.